The maximum atomic E-state index is 13.9. The third kappa shape index (κ3) is 6.11. The predicted molar refractivity (Wildman–Crippen MR) is 164 cm³/mol. The average Bonchev–Trinajstić information content (AvgIpc) is 3.48. The molecule has 0 spiro atoms. The second-order valence-corrected chi connectivity index (χ2v) is 12.6. The van der Waals surface area contributed by atoms with Gasteiger partial charge in [-0.1, -0.05) is 50.2 Å². The van der Waals surface area contributed by atoms with Crippen LogP contribution in [0.1, 0.15) is 64.2 Å². The van der Waals surface area contributed by atoms with Gasteiger partial charge in [-0.05, 0) is 73.0 Å². The van der Waals surface area contributed by atoms with Gasteiger partial charge in [0.05, 0.1) is 12.0 Å². The van der Waals surface area contributed by atoms with Crippen LogP contribution in [0.15, 0.2) is 60.0 Å². The van der Waals surface area contributed by atoms with E-state index in [4.69, 9.17) is 0 Å². The van der Waals surface area contributed by atoms with E-state index >= 15 is 0 Å². The van der Waals surface area contributed by atoms with Crippen molar-refractivity contribution in [2.24, 2.45) is 5.92 Å². The van der Waals surface area contributed by atoms with Gasteiger partial charge >= 0.3 is 0 Å². The average molecular weight is 559 g/mol. The Bertz CT molecular complexity index is 1310. The van der Waals surface area contributed by atoms with Crippen LogP contribution in [-0.2, 0) is 4.79 Å². The lowest BCUT2D eigenvalue weighted by Crippen LogP contribution is -2.49. The van der Waals surface area contributed by atoms with E-state index in [9.17, 15) is 9.59 Å². The van der Waals surface area contributed by atoms with E-state index < -0.39 is 5.92 Å². The third-order valence-electron chi connectivity index (χ3n) is 8.15. The summed E-state index contributed by atoms with van der Waals surface area (Å²) in [7, 11) is 0. The number of hydrogen-bond acceptors (Lipinski definition) is 5. The smallest absolute Gasteiger partial charge is 0.254 e. The van der Waals surface area contributed by atoms with E-state index in [1.54, 1.807) is 11.3 Å². The van der Waals surface area contributed by atoms with E-state index in [1.165, 1.54) is 16.8 Å². The molecule has 3 heterocycles. The fraction of sp³-hybridized carbons (Fsp3) is 0.455. The molecule has 0 aliphatic carbocycles. The first-order valence-electron chi connectivity index (χ1n) is 14.6. The van der Waals surface area contributed by atoms with Crippen molar-refractivity contribution in [3.05, 3.63) is 87.1 Å². The number of hydrogen-bond donors (Lipinski definition) is 1. The minimum Gasteiger partial charge on any atom is -0.369 e. The van der Waals surface area contributed by atoms with Gasteiger partial charge < -0.3 is 15.1 Å². The molecule has 0 bridgehead atoms. The summed E-state index contributed by atoms with van der Waals surface area (Å²) in [4.78, 5) is 35.4. The standard InChI is InChI=1S/C33H42N4O2S/c1-23(2)22-37-31(29-11-7-20-40-29)30(26-9-5-6-10-27(26)33(37)39)32(38)34-14-8-15-35-16-18-36(19-17-35)28-21-24(3)12-13-25(28)4/h5-7,9-13,20-21,23,30-31H,8,14-19,22H2,1-4H3,(H,34,38). The molecular formula is C33H42N4O2S. The monoisotopic (exact) mass is 558 g/mol. The molecule has 1 aromatic heterocycles. The first-order valence-corrected chi connectivity index (χ1v) is 15.5. The molecule has 1 saturated heterocycles. The summed E-state index contributed by atoms with van der Waals surface area (Å²) in [5, 5.41) is 5.28. The Morgan fingerprint density at radius 3 is 2.52 bits per heavy atom. The van der Waals surface area contributed by atoms with Crippen molar-refractivity contribution in [2.45, 2.75) is 46.1 Å². The molecule has 2 unspecified atom stereocenters. The first-order chi connectivity index (χ1) is 19.3. The quantitative estimate of drug-likeness (QED) is 0.346. The number of carbonyl (C=O) groups is 2. The molecule has 0 saturated carbocycles. The van der Waals surface area contributed by atoms with Gasteiger partial charge in [-0.15, -0.1) is 11.3 Å². The Morgan fingerprint density at radius 1 is 1.02 bits per heavy atom. The number of benzene rings is 2. The lowest BCUT2D eigenvalue weighted by molar-refractivity contribution is -0.124. The van der Waals surface area contributed by atoms with Crippen LogP contribution in [0.5, 0.6) is 0 Å². The van der Waals surface area contributed by atoms with Crippen LogP contribution in [0.4, 0.5) is 5.69 Å². The molecule has 1 N–H and O–H groups in total. The van der Waals surface area contributed by atoms with E-state index in [-0.39, 0.29) is 17.9 Å². The van der Waals surface area contributed by atoms with Crippen LogP contribution < -0.4 is 10.2 Å². The van der Waals surface area contributed by atoms with Crippen LogP contribution in [-0.4, -0.2) is 67.4 Å². The summed E-state index contributed by atoms with van der Waals surface area (Å²) in [5.41, 5.74) is 5.48. The van der Waals surface area contributed by atoms with Gasteiger partial charge in [0.15, 0.2) is 0 Å². The highest BCUT2D eigenvalue weighted by Crippen LogP contribution is 2.44. The molecule has 2 aliphatic rings. The third-order valence-corrected chi connectivity index (χ3v) is 9.09. The van der Waals surface area contributed by atoms with Gasteiger partial charge in [0.1, 0.15) is 0 Å². The van der Waals surface area contributed by atoms with Crippen molar-refractivity contribution in [3.63, 3.8) is 0 Å². The molecule has 6 nitrogen and oxygen atoms in total. The molecule has 2 amide bonds. The lowest BCUT2D eigenvalue weighted by atomic mass is 9.81. The Balaban J connectivity index is 1.22. The molecule has 2 atom stereocenters. The number of rotatable bonds is 9. The fourth-order valence-corrected chi connectivity index (χ4v) is 7.02. The van der Waals surface area contributed by atoms with E-state index in [0.717, 1.165) is 49.6 Å². The zero-order valence-corrected chi connectivity index (χ0v) is 25.0. The summed E-state index contributed by atoms with van der Waals surface area (Å²) < 4.78 is 0. The Hall–Kier alpha value is -3.16. The van der Waals surface area contributed by atoms with Crippen LogP contribution in [0, 0.1) is 19.8 Å². The van der Waals surface area contributed by atoms with Crippen molar-refractivity contribution in [1.29, 1.82) is 0 Å². The van der Waals surface area contributed by atoms with Gasteiger partial charge in [0.25, 0.3) is 5.91 Å². The van der Waals surface area contributed by atoms with Crippen molar-refractivity contribution >= 4 is 28.8 Å². The maximum Gasteiger partial charge on any atom is 0.254 e. The number of amides is 2. The molecule has 3 aromatic rings. The predicted octanol–water partition coefficient (Wildman–Crippen LogP) is 5.63. The largest absolute Gasteiger partial charge is 0.369 e. The van der Waals surface area contributed by atoms with E-state index in [2.05, 4.69) is 67.1 Å². The number of carbonyl (C=O) groups excluding carboxylic acids is 2. The highest BCUT2D eigenvalue weighted by Gasteiger charge is 2.44. The lowest BCUT2D eigenvalue weighted by Gasteiger charge is -2.42. The Morgan fingerprint density at radius 2 is 1.80 bits per heavy atom. The number of anilines is 1. The number of nitrogens with zero attached hydrogens (tertiary/aromatic N) is 3. The summed E-state index contributed by atoms with van der Waals surface area (Å²) >= 11 is 1.62. The molecule has 7 heteroatoms. The van der Waals surface area contributed by atoms with Gasteiger partial charge in [-0.3, -0.25) is 14.5 Å². The van der Waals surface area contributed by atoms with E-state index in [1.807, 2.05) is 40.6 Å². The molecule has 40 heavy (non-hydrogen) atoms. The van der Waals surface area contributed by atoms with Gasteiger partial charge in [-0.25, -0.2) is 0 Å². The van der Waals surface area contributed by atoms with Crippen molar-refractivity contribution in [1.82, 2.24) is 15.1 Å². The highest BCUT2D eigenvalue weighted by atomic mass is 32.1. The fourth-order valence-electron chi connectivity index (χ4n) is 6.14. The van der Waals surface area contributed by atoms with E-state index in [0.29, 0.717) is 24.6 Å². The summed E-state index contributed by atoms with van der Waals surface area (Å²) in [5.74, 6) is -0.0957. The zero-order chi connectivity index (χ0) is 28.2. The summed E-state index contributed by atoms with van der Waals surface area (Å²) in [6, 6.07) is 18.1. The molecule has 2 aromatic carbocycles. The molecule has 1 fully saturated rings. The minimum absolute atomic E-state index is 0.00634. The van der Waals surface area contributed by atoms with Crippen LogP contribution in [0.25, 0.3) is 0 Å². The Kier molecular flexibility index (Phi) is 8.91. The van der Waals surface area contributed by atoms with Crippen molar-refractivity contribution in [3.8, 4) is 0 Å². The summed E-state index contributed by atoms with van der Waals surface area (Å²) in [6.45, 7) is 14.9. The minimum atomic E-state index is -0.424. The summed E-state index contributed by atoms with van der Waals surface area (Å²) in [6.07, 6.45) is 0.905. The van der Waals surface area contributed by atoms with Crippen LogP contribution >= 0.6 is 11.3 Å². The molecular weight excluding hydrogens is 516 g/mol. The highest BCUT2D eigenvalue weighted by molar-refractivity contribution is 7.10. The maximum absolute atomic E-state index is 13.9. The topological polar surface area (TPSA) is 55.9 Å². The van der Waals surface area contributed by atoms with Gasteiger partial charge in [0.2, 0.25) is 5.91 Å². The van der Waals surface area contributed by atoms with Gasteiger partial charge in [-0.2, -0.15) is 0 Å². The number of thiophene rings is 1. The number of aryl methyl sites for hydroxylation is 2. The van der Waals surface area contributed by atoms with Crippen molar-refractivity contribution < 1.29 is 9.59 Å². The normalized spacial score (nSPS) is 19.7. The Labute approximate surface area is 243 Å². The number of piperazine rings is 1. The second kappa shape index (κ2) is 12.6. The molecule has 5 rings (SSSR count). The van der Waals surface area contributed by atoms with Gasteiger partial charge in [0, 0.05) is 55.4 Å². The SMILES string of the molecule is Cc1ccc(C)c(N2CCN(CCCNC(=O)C3c4ccccc4C(=O)N(CC(C)C)C3c3cccs3)CC2)c1. The van der Waals surface area contributed by atoms with Crippen LogP contribution in [0.2, 0.25) is 0 Å². The molecule has 212 valence electrons. The van der Waals surface area contributed by atoms with Crippen LogP contribution in [0.3, 0.4) is 0 Å². The number of nitrogens with one attached hydrogen (secondary N) is 1. The zero-order valence-electron chi connectivity index (χ0n) is 24.2. The first kappa shape index (κ1) is 28.4. The van der Waals surface area contributed by atoms with Crippen molar-refractivity contribution in [2.75, 3.05) is 50.7 Å². The second-order valence-electron chi connectivity index (χ2n) is 11.6. The number of fused-ring (bicyclic) bond motifs is 1. The molecule has 2 aliphatic heterocycles. The molecule has 0 radical (unpaired) electrons.